The van der Waals surface area contributed by atoms with Crippen LogP contribution in [0.4, 0.5) is 0 Å². The van der Waals surface area contributed by atoms with Crippen LogP contribution in [0.2, 0.25) is 0 Å². The summed E-state index contributed by atoms with van der Waals surface area (Å²) in [5, 5.41) is 10.2. The monoisotopic (exact) mass is 111 g/mol. The van der Waals surface area contributed by atoms with E-state index in [1.807, 2.05) is 0 Å². The highest BCUT2D eigenvalue weighted by molar-refractivity contribution is 6.31. The Kier molecular flexibility index (Phi) is 1.28. The molecule has 0 heterocycles. The normalized spacial score (nSPS) is 20.8. The summed E-state index contributed by atoms with van der Waals surface area (Å²) in [4.78, 5) is 0. The van der Waals surface area contributed by atoms with Crippen molar-refractivity contribution in [2.75, 3.05) is 0 Å². The molecule has 1 fully saturated rings. The molecule has 0 aromatic carbocycles. The van der Waals surface area contributed by atoms with E-state index in [4.69, 9.17) is 11.3 Å². The Balaban J connectivity index is 2.49. The van der Waals surface area contributed by atoms with E-state index in [-0.39, 0.29) is 0 Å². The second-order valence-electron chi connectivity index (χ2n) is 1.97. The summed E-state index contributed by atoms with van der Waals surface area (Å²) < 4.78 is 0. The lowest BCUT2D eigenvalue weighted by atomic mass is 10.3. The molecule has 0 radical (unpaired) electrons. The summed E-state index contributed by atoms with van der Waals surface area (Å²) in [6.45, 7) is 0. The summed E-state index contributed by atoms with van der Waals surface area (Å²) >= 11 is 0. The van der Waals surface area contributed by atoms with Crippen molar-refractivity contribution in [3.8, 4) is 0 Å². The molecule has 0 atom stereocenters. The third kappa shape index (κ3) is 0.857. The number of hydrazone groups is 1. The van der Waals surface area contributed by atoms with Gasteiger partial charge in [-0.1, -0.05) is 0 Å². The average molecular weight is 111 g/mol. The summed E-state index contributed by atoms with van der Waals surface area (Å²) in [6.07, 6.45) is 3.55. The zero-order valence-corrected chi connectivity index (χ0v) is 4.59. The highest BCUT2D eigenvalue weighted by atomic mass is 15.1. The number of hydrogen-bond donors (Lipinski definition) is 2. The molecular weight excluding hydrogens is 102 g/mol. The standard InChI is InChI=1S/C5H9N3/c6-3-5(8-7)4-1-2-4/h3-4,6H,1-2,7H2/b6-3?,8-5+. The molecule has 0 aromatic rings. The summed E-state index contributed by atoms with van der Waals surface area (Å²) in [5.41, 5.74) is 0.741. The van der Waals surface area contributed by atoms with E-state index in [9.17, 15) is 0 Å². The predicted molar refractivity (Wildman–Crippen MR) is 33.1 cm³/mol. The topological polar surface area (TPSA) is 62.2 Å². The molecule has 0 bridgehead atoms. The third-order valence-electron chi connectivity index (χ3n) is 1.29. The Bertz CT molecular complexity index is 124. The highest BCUT2D eigenvalue weighted by Gasteiger charge is 2.25. The molecule has 0 aliphatic heterocycles. The lowest BCUT2D eigenvalue weighted by molar-refractivity contribution is 1.14. The van der Waals surface area contributed by atoms with Gasteiger partial charge in [-0.05, 0) is 12.8 Å². The molecule has 0 saturated heterocycles. The molecule has 44 valence electrons. The number of nitrogens with zero attached hydrogens (tertiary/aromatic N) is 1. The summed E-state index contributed by atoms with van der Waals surface area (Å²) in [7, 11) is 0. The zero-order chi connectivity index (χ0) is 5.98. The second kappa shape index (κ2) is 1.94. The minimum absolute atomic E-state index is 0.512. The van der Waals surface area contributed by atoms with Crippen LogP contribution in [-0.2, 0) is 0 Å². The van der Waals surface area contributed by atoms with Gasteiger partial charge in [-0.3, -0.25) is 0 Å². The van der Waals surface area contributed by atoms with Crippen LogP contribution < -0.4 is 5.84 Å². The average Bonchev–Trinajstić information content (AvgIpc) is 2.53. The fourth-order valence-electron chi connectivity index (χ4n) is 0.640. The summed E-state index contributed by atoms with van der Waals surface area (Å²) in [5.74, 6) is 5.47. The molecule has 1 aliphatic carbocycles. The molecular formula is C5H9N3. The van der Waals surface area contributed by atoms with E-state index >= 15 is 0 Å². The lowest BCUT2D eigenvalue weighted by Crippen LogP contribution is -2.04. The Morgan fingerprint density at radius 2 is 2.38 bits per heavy atom. The van der Waals surface area contributed by atoms with E-state index in [0.717, 1.165) is 18.6 Å². The first-order chi connectivity index (χ1) is 3.88. The van der Waals surface area contributed by atoms with Crippen LogP contribution in [-0.4, -0.2) is 11.9 Å². The molecule has 0 amide bonds. The fourth-order valence-corrected chi connectivity index (χ4v) is 0.640. The zero-order valence-electron chi connectivity index (χ0n) is 4.59. The van der Waals surface area contributed by atoms with Gasteiger partial charge < -0.3 is 11.3 Å². The molecule has 0 aromatic heterocycles. The largest absolute Gasteiger partial charge is 0.323 e. The first kappa shape index (κ1) is 5.28. The molecule has 0 spiro atoms. The SMILES string of the molecule is N=C/C(=N\N)C1CC1. The number of nitrogens with two attached hydrogens (primary N) is 1. The molecule has 1 saturated carbocycles. The lowest BCUT2D eigenvalue weighted by Gasteiger charge is -1.87. The summed E-state index contributed by atoms with van der Waals surface area (Å²) in [6, 6.07) is 0. The van der Waals surface area contributed by atoms with Gasteiger partial charge in [0.1, 0.15) is 0 Å². The predicted octanol–water partition coefficient (Wildman–Crippen LogP) is 0.361. The molecule has 8 heavy (non-hydrogen) atoms. The van der Waals surface area contributed by atoms with Gasteiger partial charge in [-0.15, -0.1) is 0 Å². The first-order valence-electron chi connectivity index (χ1n) is 2.66. The van der Waals surface area contributed by atoms with Crippen molar-refractivity contribution in [1.29, 1.82) is 5.41 Å². The maximum absolute atomic E-state index is 6.79. The quantitative estimate of drug-likeness (QED) is 0.301. The van der Waals surface area contributed by atoms with Gasteiger partial charge >= 0.3 is 0 Å². The van der Waals surface area contributed by atoms with Gasteiger partial charge in [-0.25, -0.2) is 0 Å². The van der Waals surface area contributed by atoms with Gasteiger partial charge in [0, 0.05) is 12.1 Å². The van der Waals surface area contributed by atoms with Crippen LogP contribution in [0.3, 0.4) is 0 Å². The van der Waals surface area contributed by atoms with Crippen LogP contribution in [0.1, 0.15) is 12.8 Å². The number of rotatable bonds is 2. The van der Waals surface area contributed by atoms with E-state index in [1.54, 1.807) is 0 Å². The van der Waals surface area contributed by atoms with Crippen molar-refractivity contribution in [1.82, 2.24) is 0 Å². The Labute approximate surface area is 48.1 Å². The molecule has 3 nitrogen and oxygen atoms in total. The van der Waals surface area contributed by atoms with Gasteiger partial charge in [0.05, 0.1) is 5.71 Å². The Morgan fingerprint density at radius 1 is 1.75 bits per heavy atom. The fraction of sp³-hybridized carbons (Fsp3) is 0.600. The van der Waals surface area contributed by atoms with Crippen LogP contribution in [0.5, 0.6) is 0 Å². The van der Waals surface area contributed by atoms with Crippen LogP contribution >= 0.6 is 0 Å². The van der Waals surface area contributed by atoms with Crippen molar-refractivity contribution < 1.29 is 0 Å². The van der Waals surface area contributed by atoms with Crippen LogP contribution in [0, 0.1) is 11.3 Å². The van der Waals surface area contributed by atoms with Crippen molar-refractivity contribution in [3.63, 3.8) is 0 Å². The number of hydrogen-bond acceptors (Lipinski definition) is 3. The maximum Gasteiger partial charge on any atom is 0.0806 e. The van der Waals surface area contributed by atoms with Gasteiger partial charge in [0.2, 0.25) is 0 Å². The van der Waals surface area contributed by atoms with Gasteiger partial charge in [0.25, 0.3) is 0 Å². The minimum Gasteiger partial charge on any atom is -0.323 e. The Morgan fingerprint density at radius 3 is 2.50 bits per heavy atom. The first-order valence-corrected chi connectivity index (χ1v) is 2.66. The van der Waals surface area contributed by atoms with Gasteiger partial charge in [-0.2, -0.15) is 5.10 Å². The molecule has 3 heteroatoms. The molecule has 1 rings (SSSR count). The van der Waals surface area contributed by atoms with Gasteiger partial charge in [0.15, 0.2) is 0 Å². The molecule has 3 N–H and O–H groups in total. The Hall–Kier alpha value is -0.860. The van der Waals surface area contributed by atoms with E-state index < -0.39 is 0 Å². The van der Waals surface area contributed by atoms with Crippen molar-refractivity contribution in [2.24, 2.45) is 16.9 Å². The smallest absolute Gasteiger partial charge is 0.0806 e. The van der Waals surface area contributed by atoms with E-state index in [2.05, 4.69) is 5.10 Å². The molecule has 0 unspecified atom stereocenters. The number of nitrogens with one attached hydrogen (secondary N) is 1. The minimum atomic E-state index is 0.512. The van der Waals surface area contributed by atoms with E-state index in [1.165, 1.54) is 6.21 Å². The van der Waals surface area contributed by atoms with E-state index in [0.29, 0.717) is 5.92 Å². The second-order valence-corrected chi connectivity index (χ2v) is 1.97. The van der Waals surface area contributed by atoms with Crippen molar-refractivity contribution >= 4 is 11.9 Å². The van der Waals surface area contributed by atoms with Crippen molar-refractivity contribution in [2.45, 2.75) is 12.8 Å². The van der Waals surface area contributed by atoms with Crippen molar-refractivity contribution in [3.05, 3.63) is 0 Å². The molecule has 1 aliphatic rings. The van der Waals surface area contributed by atoms with Crippen LogP contribution in [0.25, 0.3) is 0 Å². The maximum atomic E-state index is 6.79. The third-order valence-corrected chi connectivity index (χ3v) is 1.29. The highest BCUT2D eigenvalue weighted by Crippen LogP contribution is 2.29. The van der Waals surface area contributed by atoms with Crippen LogP contribution in [0.15, 0.2) is 5.10 Å².